The third-order valence-electron chi connectivity index (χ3n) is 5.28. The number of nitrogens with zero attached hydrogens (tertiary/aromatic N) is 4. The maximum Gasteiger partial charge on any atom is 0.178 e. The quantitative estimate of drug-likeness (QED) is 0.701. The fourth-order valence-corrected chi connectivity index (χ4v) is 3.93. The molecule has 1 saturated heterocycles. The molecule has 1 aliphatic rings. The average molecular weight is 366 g/mol. The van der Waals surface area contributed by atoms with Gasteiger partial charge in [0.1, 0.15) is 0 Å². The van der Waals surface area contributed by atoms with E-state index >= 15 is 0 Å². The van der Waals surface area contributed by atoms with Crippen molar-refractivity contribution in [1.29, 1.82) is 0 Å². The van der Waals surface area contributed by atoms with Gasteiger partial charge < -0.3 is 14.4 Å². The van der Waals surface area contributed by atoms with E-state index in [1.54, 1.807) is 14.2 Å². The fourth-order valence-electron chi connectivity index (χ4n) is 3.93. The van der Waals surface area contributed by atoms with Crippen LogP contribution in [-0.2, 0) is 0 Å². The van der Waals surface area contributed by atoms with Gasteiger partial charge in [-0.1, -0.05) is 6.92 Å². The van der Waals surface area contributed by atoms with Gasteiger partial charge in [0.25, 0.3) is 0 Å². The Labute approximate surface area is 159 Å². The molecule has 3 aromatic rings. The largest absolute Gasteiger partial charge is 0.493 e. The summed E-state index contributed by atoms with van der Waals surface area (Å²) in [5.74, 6) is 2.12. The molecule has 4 rings (SSSR count). The van der Waals surface area contributed by atoms with Crippen molar-refractivity contribution in [3.63, 3.8) is 0 Å². The molecule has 27 heavy (non-hydrogen) atoms. The van der Waals surface area contributed by atoms with Crippen LogP contribution in [0.15, 0.2) is 24.3 Å². The Morgan fingerprint density at radius 3 is 2.52 bits per heavy atom. The highest BCUT2D eigenvalue weighted by molar-refractivity contribution is 5.76. The molecule has 0 aliphatic carbocycles. The van der Waals surface area contributed by atoms with E-state index in [1.807, 2.05) is 36.6 Å². The van der Waals surface area contributed by atoms with Gasteiger partial charge in [0.05, 0.1) is 37.0 Å². The predicted molar refractivity (Wildman–Crippen MR) is 107 cm³/mol. The lowest BCUT2D eigenvalue weighted by atomic mass is 10.1. The Morgan fingerprint density at radius 2 is 1.85 bits per heavy atom. The molecule has 1 aromatic carbocycles. The van der Waals surface area contributed by atoms with E-state index in [0.29, 0.717) is 17.4 Å². The molecule has 142 valence electrons. The van der Waals surface area contributed by atoms with Crippen LogP contribution >= 0.6 is 0 Å². The molecule has 0 saturated carbocycles. The molecule has 0 unspecified atom stereocenters. The number of hydrogen-bond donors (Lipinski definition) is 0. The smallest absolute Gasteiger partial charge is 0.178 e. The fraction of sp³-hybridized carbons (Fsp3) is 0.429. The van der Waals surface area contributed by atoms with Gasteiger partial charge in [0.15, 0.2) is 17.1 Å². The summed E-state index contributed by atoms with van der Waals surface area (Å²) in [6.07, 6.45) is 1.22. The Hall–Kier alpha value is -2.76. The number of rotatable bonds is 4. The first kappa shape index (κ1) is 17.6. The SMILES string of the molecule is COc1ccc(-c2c(C)nc3c(N4CC[C@@H](C)C4)cc(C)nn23)cc1OC. The second kappa shape index (κ2) is 6.76. The molecule has 0 spiro atoms. The Balaban J connectivity index is 1.90. The lowest BCUT2D eigenvalue weighted by Crippen LogP contribution is -2.20. The van der Waals surface area contributed by atoms with Crippen molar-refractivity contribution in [2.75, 3.05) is 32.2 Å². The van der Waals surface area contributed by atoms with Crippen molar-refractivity contribution in [3.05, 3.63) is 35.7 Å². The average Bonchev–Trinajstić information content (AvgIpc) is 3.23. The van der Waals surface area contributed by atoms with Gasteiger partial charge in [-0.3, -0.25) is 0 Å². The van der Waals surface area contributed by atoms with Crippen LogP contribution in [0, 0.1) is 19.8 Å². The summed E-state index contributed by atoms with van der Waals surface area (Å²) >= 11 is 0. The van der Waals surface area contributed by atoms with Crippen LogP contribution in [-0.4, -0.2) is 41.9 Å². The predicted octanol–water partition coefficient (Wildman–Crippen LogP) is 3.88. The molecular formula is C21H26N4O2. The molecule has 6 nitrogen and oxygen atoms in total. The zero-order valence-corrected chi connectivity index (χ0v) is 16.6. The number of ether oxygens (including phenoxy) is 2. The number of methoxy groups -OCH3 is 2. The first-order valence-electron chi connectivity index (χ1n) is 9.36. The highest BCUT2D eigenvalue weighted by Crippen LogP contribution is 2.36. The lowest BCUT2D eigenvalue weighted by molar-refractivity contribution is 0.355. The first-order chi connectivity index (χ1) is 13.0. The van der Waals surface area contributed by atoms with Gasteiger partial charge in [-0.25, -0.2) is 9.50 Å². The number of anilines is 1. The summed E-state index contributed by atoms with van der Waals surface area (Å²) < 4.78 is 12.8. The standard InChI is InChI=1S/C21H26N4O2/c1-13-8-9-24(12-13)17-10-14(2)23-25-20(15(3)22-21(17)25)16-6-7-18(26-4)19(11-16)27-5/h6-7,10-11,13H,8-9,12H2,1-5H3/t13-/m1/s1. The number of fused-ring (bicyclic) bond motifs is 1. The molecule has 1 fully saturated rings. The summed E-state index contributed by atoms with van der Waals surface area (Å²) in [6, 6.07) is 8.08. The van der Waals surface area contributed by atoms with Gasteiger partial charge in [0.2, 0.25) is 0 Å². The highest BCUT2D eigenvalue weighted by Gasteiger charge is 2.24. The Bertz CT molecular complexity index is 996. The molecule has 1 aliphatic heterocycles. The summed E-state index contributed by atoms with van der Waals surface area (Å²) in [7, 11) is 3.29. The number of hydrogen-bond acceptors (Lipinski definition) is 5. The maximum atomic E-state index is 5.48. The Morgan fingerprint density at radius 1 is 1.07 bits per heavy atom. The van der Waals surface area contributed by atoms with Gasteiger partial charge >= 0.3 is 0 Å². The number of imidazole rings is 1. The Kier molecular flexibility index (Phi) is 4.42. The monoisotopic (exact) mass is 366 g/mol. The molecule has 0 amide bonds. The van der Waals surface area contributed by atoms with Crippen LogP contribution in [0.1, 0.15) is 24.7 Å². The highest BCUT2D eigenvalue weighted by atomic mass is 16.5. The molecule has 2 aromatic heterocycles. The van der Waals surface area contributed by atoms with E-state index in [0.717, 1.165) is 41.4 Å². The molecule has 1 atom stereocenters. The van der Waals surface area contributed by atoms with E-state index < -0.39 is 0 Å². The van der Waals surface area contributed by atoms with Gasteiger partial charge in [-0.2, -0.15) is 5.10 Å². The zero-order valence-electron chi connectivity index (χ0n) is 16.6. The number of aromatic nitrogens is 3. The third-order valence-corrected chi connectivity index (χ3v) is 5.28. The normalized spacial score (nSPS) is 16.9. The van der Waals surface area contributed by atoms with Gasteiger partial charge in [-0.05, 0) is 50.5 Å². The van der Waals surface area contributed by atoms with E-state index in [9.17, 15) is 0 Å². The summed E-state index contributed by atoms with van der Waals surface area (Å²) in [5.41, 5.74) is 6.02. The van der Waals surface area contributed by atoms with E-state index in [4.69, 9.17) is 19.6 Å². The molecule has 0 bridgehead atoms. The van der Waals surface area contributed by atoms with Crippen LogP contribution in [0.2, 0.25) is 0 Å². The maximum absolute atomic E-state index is 5.48. The summed E-state index contributed by atoms with van der Waals surface area (Å²) in [4.78, 5) is 7.32. The first-order valence-corrected chi connectivity index (χ1v) is 9.36. The van der Waals surface area contributed by atoms with Crippen LogP contribution in [0.3, 0.4) is 0 Å². The van der Waals surface area contributed by atoms with Crippen molar-refractivity contribution >= 4 is 11.3 Å². The zero-order chi connectivity index (χ0) is 19.1. The van der Waals surface area contributed by atoms with Crippen LogP contribution in [0.5, 0.6) is 11.5 Å². The molecule has 6 heteroatoms. The minimum atomic E-state index is 0.700. The minimum absolute atomic E-state index is 0.700. The van der Waals surface area contributed by atoms with Crippen LogP contribution in [0.4, 0.5) is 5.69 Å². The van der Waals surface area contributed by atoms with Crippen molar-refractivity contribution in [3.8, 4) is 22.8 Å². The second-order valence-corrected chi connectivity index (χ2v) is 7.36. The van der Waals surface area contributed by atoms with Crippen LogP contribution < -0.4 is 14.4 Å². The molecule has 0 radical (unpaired) electrons. The topological polar surface area (TPSA) is 51.9 Å². The molecule has 3 heterocycles. The van der Waals surface area contributed by atoms with Crippen molar-refractivity contribution in [2.24, 2.45) is 5.92 Å². The van der Waals surface area contributed by atoms with Crippen LogP contribution in [0.25, 0.3) is 16.9 Å². The molecular weight excluding hydrogens is 340 g/mol. The minimum Gasteiger partial charge on any atom is -0.493 e. The van der Waals surface area contributed by atoms with Gasteiger partial charge in [0, 0.05) is 18.7 Å². The van der Waals surface area contributed by atoms with Crippen molar-refractivity contribution in [2.45, 2.75) is 27.2 Å². The number of aryl methyl sites for hydroxylation is 2. The van der Waals surface area contributed by atoms with Crippen molar-refractivity contribution < 1.29 is 9.47 Å². The summed E-state index contributed by atoms with van der Waals surface area (Å²) in [5, 5.41) is 4.78. The summed E-state index contributed by atoms with van der Waals surface area (Å²) in [6.45, 7) is 8.51. The van der Waals surface area contributed by atoms with E-state index in [-0.39, 0.29) is 0 Å². The van der Waals surface area contributed by atoms with Gasteiger partial charge in [-0.15, -0.1) is 0 Å². The third kappa shape index (κ3) is 2.99. The van der Waals surface area contributed by atoms with E-state index in [1.165, 1.54) is 12.1 Å². The number of benzene rings is 1. The lowest BCUT2D eigenvalue weighted by Gasteiger charge is -2.19. The molecule has 0 N–H and O–H groups in total. The van der Waals surface area contributed by atoms with E-state index in [2.05, 4.69) is 17.9 Å². The van der Waals surface area contributed by atoms with Crippen molar-refractivity contribution in [1.82, 2.24) is 14.6 Å². The second-order valence-electron chi connectivity index (χ2n) is 7.36.